The minimum absolute atomic E-state index is 0.401. The van der Waals surface area contributed by atoms with Crippen LogP contribution in [0.25, 0.3) is 0 Å². The van der Waals surface area contributed by atoms with Crippen molar-refractivity contribution in [3.63, 3.8) is 0 Å². The highest BCUT2D eigenvalue weighted by Gasteiger charge is 2.16. The molecule has 0 bridgehead atoms. The van der Waals surface area contributed by atoms with E-state index < -0.39 is 0 Å². The van der Waals surface area contributed by atoms with Crippen molar-refractivity contribution in [1.29, 1.82) is 0 Å². The molecule has 1 atom stereocenters. The van der Waals surface area contributed by atoms with Crippen LogP contribution in [0.1, 0.15) is 30.3 Å². The summed E-state index contributed by atoms with van der Waals surface area (Å²) in [5, 5.41) is 5.76. The van der Waals surface area contributed by atoms with E-state index in [9.17, 15) is 0 Å². The van der Waals surface area contributed by atoms with Crippen molar-refractivity contribution in [3.05, 3.63) is 52.2 Å². The summed E-state index contributed by atoms with van der Waals surface area (Å²) in [6.07, 6.45) is 0. The summed E-state index contributed by atoms with van der Waals surface area (Å²) in [5.74, 6) is 0.579. The molecule has 0 aliphatic rings. The first kappa shape index (κ1) is 12.2. The van der Waals surface area contributed by atoms with Crippen LogP contribution in [0.15, 0.2) is 41.8 Å². The van der Waals surface area contributed by atoms with E-state index in [0.717, 1.165) is 0 Å². The molecule has 1 aromatic carbocycles. The number of nitrogens with one attached hydrogen (secondary N) is 1. The van der Waals surface area contributed by atoms with Crippen molar-refractivity contribution in [3.8, 4) is 0 Å². The molecule has 0 amide bonds. The van der Waals surface area contributed by atoms with Gasteiger partial charge in [-0.3, -0.25) is 0 Å². The third kappa shape index (κ3) is 3.10. The van der Waals surface area contributed by atoms with Gasteiger partial charge in [0.1, 0.15) is 0 Å². The number of anilines is 1. The lowest BCUT2D eigenvalue weighted by atomic mass is 10.0. The highest BCUT2D eigenvalue weighted by molar-refractivity contribution is 7.10. The summed E-state index contributed by atoms with van der Waals surface area (Å²) in [6.45, 7) is 6.63. The fraction of sp³-hybridized carbons (Fsp3) is 0.333. The Morgan fingerprint density at radius 2 is 1.76 bits per heavy atom. The summed E-state index contributed by atoms with van der Waals surface area (Å²) in [4.78, 5) is 1.40. The van der Waals surface area contributed by atoms with Crippen LogP contribution in [-0.4, -0.2) is 0 Å². The number of benzene rings is 1. The van der Waals surface area contributed by atoms with E-state index in [1.807, 2.05) is 11.3 Å². The molecule has 90 valence electrons. The van der Waals surface area contributed by atoms with Crippen LogP contribution in [0.4, 0.5) is 5.69 Å². The second-order valence-electron chi connectivity index (χ2n) is 4.75. The van der Waals surface area contributed by atoms with Gasteiger partial charge in [0.05, 0.1) is 6.04 Å². The van der Waals surface area contributed by atoms with Crippen LogP contribution in [0.3, 0.4) is 0 Å². The summed E-state index contributed by atoms with van der Waals surface area (Å²) in [6, 6.07) is 13.3. The van der Waals surface area contributed by atoms with Gasteiger partial charge in [-0.1, -0.05) is 37.6 Å². The van der Waals surface area contributed by atoms with Gasteiger partial charge in [-0.15, -0.1) is 11.3 Å². The van der Waals surface area contributed by atoms with Gasteiger partial charge in [-0.25, -0.2) is 0 Å². The first-order valence-electron chi connectivity index (χ1n) is 6.03. The lowest BCUT2D eigenvalue weighted by Gasteiger charge is -2.22. The second kappa shape index (κ2) is 5.37. The molecular formula is C15H19NS. The van der Waals surface area contributed by atoms with E-state index in [1.54, 1.807) is 0 Å². The van der Waals surface area contributed by atoms with E-state index in [4.69, 9.17) is 0 Å². The van der Waals surface area contributed by atoms with Gasteiger partial charge in [0, 0.05) is 10.6 Å². The molecule has 2 aromatic rings. The zero-order chi connectivity index (χ0) is 12.3. The van der Waals surface area contributed by atoms with Crippen LogP contribution in [-0.2, 0) is 0 Å². The number of rotatable bonds is 4. The zero-order valence-corrected chi connectivity index (χ0v) is 11.4. The molecule has 0 fully saturated rings. The van der Waals surface area contributed by atoms with Crippen LogP contribution in [0.5, 0.6) is 0 Å². The molecule has 0 radical (unpaired) electrons. The Hall–Kier alpha value is -1.28. The van der Waals surface area contributed by atoms with Crippen molar-refractivity contribution in [1.82, 2.24) is 0 Å². The molecule has 17 heavy (non-hydrogen) atoms. The molecule has 0 aliphatic carbocycles. The SMILES string of the molecule is Cc1ccc(NC(c2cccs2)C(C)C)cc1. The van der Waals surface area contributed by atoms with Gasteiger partial charge in [-0.2, -0.15) is 0 Å². The lowest BCUT2D eigenvalue weighted by molar-refractivity contribution is 0.554. The van der Waals surface area contributed by atoms with E-state index in [1.165, 1.54) is 16.1 Å². The second-order valence-corrected chi connectivity index (χ2v) is 5.73. The Balaban J connectivity index is 2.16. The van der Waals surface area contributed by atoms with E-state index in [2.05, 4.69) is 67.9 Å². The van der Waals surface area contributed by atoms with Crippen molar-refractivity contribution in [2.24, 2.45) is 5.92 Å². The summed E-state index contributed by atoms with van der Waals surface area (Å²) in [5.41, 5.74) is 2.50. The van der Waals surface area contributed by atoms with E-state index >= 15 is 0 Å². The number of aryl methyl sites for hydroxylation is 1. The third-order valence-corrected chi connectivity index (χ3v) is 3.85. The smallest absolute Gasteiger partial charge is 0.0629 e. The topological polar surface area (TPSA) is 12.0 Å². The summed E-state index contributed by atoms with van der Waals surface area (Å²) < 4.78 is 0. The summed E-state index contributed by atoms with van der Waals surface area (Å²) in [7, 11) is 0. The van der Waals surface area contributed by atoms with Gasteiger partial charge in [-0.05, 0) is 36.4 Å². The molecule has 0 saturated heterocycles. The average molecular weight is 245 g/mol. The predicted molar refractivity (Wildman–Crippen MR) is 76.7 cm³/mol. The molecule has 1 nitrogen and oxygen atoms in total. The van der Waals surface area contributed by atoms with Crippen LogP contribution < -0.4 is 5.32 Å². The molecular weight excluding hydrogens is 226 g/mol. The molecule has 1 heterocycles. The van der Waals surface area contributed by atoms with Gasteiger partial charge in [0.2, 0.25) is 0 Å². The Labute approximate surface area is 108 Å². The molecule has 0 saturated carbocycles. The minimum Gasteiger partial charge on any atom is -0.377 e. The monoisotopic (exact) mass is 245 g/mol. The van der Waals surface area contributed by atoms with Gasteiger partial charge < -0.3 is 5.32 Å². The first-order valence-corrected chi connectivity index (χ1v) is 6.91. The molecule has 2 rings (SSSR count). The Morgan fingerprint density at radius 3 is 2.29 bits per heavy atom. The Bertz CT molecular complexity index is 442. The van der Waals surface area contributed by atoms with Crippen molar-refractivity contribution >= 4 is 17.0 Å². The maximum absolute atomic E-state index is 3.62. The molecule has 1 N–H and O–H groups in total. The minimum atomic E-state index is 0.401. The van der Waals surface area contributed by atoms with Crippen molar-refractivity contribution in [2.75, 3.05) is 5.32 Å². The van der Waals surface area contributed by atoms with Crippen molar-refractivity contribution < 1.29 is 0 Å². The first-order chi connectivity index (χ1) is 8.16. The van der Waals surface area contributed by atoms with Gasteiger partial charge in [0.25, 0.3) is 0 Å². The van der Waals surface area contributed by atoms with Crippen LogP contribution >= 0.6 is 11.3 Å². The molecule has 0 spiro atoms. The maximum Gasteiger partial charge on any atom is 0.0629 e. The maximum atomic E-state index is 3.62. The highest BCUT2D eigenvalue weighted by Crippen LogP contribution is 2.29. The molecule has 1 unspecified atom stereocenters. The normalized spacial score (nSPS) is 12.7. The standard InChI is InChI=1S/C15H19NS/c1-11(2)15(14-5-4-10-17-14)16-13-8-6-12(3)7-9-13/h4-11,15-16H,1-3H3. The molecule has 0 aliphatic heterocycles. The average Bonchev–Trinajstić information content (AvgIpc) is 2.81. The highest BCUT2D eigenvalue weighted by atomic mass is 32.1. The van der Waals surface area contributed by atoms with Crippen molar-refractivity contribution in [2.45, 2.75) is 26.8 Å². The van der Waals surface area contributed by atoms with Gasteiger partial charge in [0.15, 0.2) is 0 Å². The fourth-order valence-electron chi connectivity index (χ4n) is 1.86. The Morgan fingerprint density at radius 1 is 1.06 bits per heavy atom. The third-order valence-electron chi connectivity index (χ3n) is 2.89. The zero-order valence-electron chi connectivity index (χ0n) is 10.6. The molecule has 2 heteroatoms. The number of thiophene rings is 1. The number of hydrogen-bond donors (Lipinski definition) is 1. The van der Waals surface area contributed by atoms with Crippen LogP contribution in [0.2, 0.25) is 0 Å². The largest absolute Gasteiger partial charge is 0.377 e. The predicted octanol–water partition coefficient (Wildman–Crippen LogP) is 4.87. The fourth-order valence-corrected chi connectivity index (χ4v) is 2.81. The van der Waals surface area contributed by atoms with E-state index in [-0.39, 0.29) is 0 Å². The van der Waals surface area contributed by atoms with Gasteiger partial charge >= 0.3 is 0 Å². The quantitative estimate of drug-likeness (QED) is 0.810. The Kier molecular flexibility index (Phi) is 3.85. The lowest BCUT2D eigenvalue weighted by Crippen LogP contribution is -2.15. The van der Waals surface area contributed by atoms with Crippen LogP contribution in [0, 0.1) is 12.8 Å². The summed E-state index contributed by atoms with van der Waals surface area (Å²) >= 11 is 1.82. The number of hydrogen-bond acceptors (Lipinski definition) is 2. The molecule has 1 aromatic heterocycles. The van der Waals surface area contributed by atoms with E-state index in [0.29, 0.717) is 12.0 Å².